The summed E-state index contributed by atoms with van der Waals surface area (Å²) in [4.78, 5) is 0. The Hall–Kier alpha value is -1.31. The van der Waals surface area contributed by atoms with Crippen LogP contribution in [0.4, 0.5) is 0 Å². The summed E-state index contributed by atoms with van der Waals surface area (Å²) >= 11 is 0. The molecule has 2 N–H and O–H groups in total. The molecular formula is C13H19N3O. The summed E-state index contributed by atoms with van der Waals surface area (Å²) < 4.78 is 1.84. The molecule has 0 spiro atoms. The molecule has 2 unspecified atom stereocenters. The number of hydrogen-bond donors (Lipinski definition) is 2. The number of nitriles is 1. The molecule has 1 aromatic rings. The number of aliphatic hydroxyl groups is 1. The lowest BCUT2D eigenvalue weighted by Crippen LogP contribution is -2.33. The second kappa shape index (κ2) is 5.35. The summed E-state index contributed by atoms with van der Waals surface area (Å²) in [6.07, 6.45) is 5.44. The molecule has 2 atom stereocenters. The van der Waals surface area contributed by atoms with Gasteiger partial charge in [0, 0.05) is 32.4 Å². The lowest BCUT2D eigenvalue weighted by Gasteiger charge is -2.18. The van der Waals surface area contributed by atoms with Crippen molar-refractivity contribution in [1.82, 2.24) is 9.88 Å². The van der Waals surface area contributed by atoms with E-state index < -0.39 is 0 Å². The Bertz CT molecular complexity index is 419. The van der Waals surface area contributed by atoms with E-state index in [1.54, 1.807) is 0 Å². The zero-order valence-electron chi connectivity index (χ0n) is 10.2. The van der Waals surface area contributed by atoms with Crippen LogP contribution in [0.15, 0.2) is 12.3 Å². The van der Waals surface area contributed by atoms with Crippen LogP contribution in [0.25, 0.3) is 0 Å². The van der Waals surface area contributed by atoms with E-state index in [1.807, 2.05) is 23.9 Å². The molecule has 0 saturated heterocycles. The largest absolute Gasteiger partial charge is 0.396 e. The van der Waals surface area contributed by atoms with Gasteiger partial charge < -0.3 is 15.0 Å². The molecule has 0 aromatic carbocycles. The number of hydrogen-bond acceptors (Lipinski definition) is 3. The maximum atomic E-state index is 9.23. The highest BCUT2D eigenvalue weighted by atomic mass is 16.3. The molecule has 0 aliphatic heterocycles. The van der Waals surface area contributed by atoms with Crippen LogP contribution in [0.1, 0.15) is 30.5 Å². The third-order valence-corrected chi connectivity index (χ3v) is 3.64. The second-order valence-corrected chi connectivity index (χ2v) is 4.82. The topological polar surface area (TPSA) is 61.0 Å². The molecule has 4 heteroatoms. The van der Waals surface area contributed by atoms with E-state index in [0.29, 0.717) is 17.7 Å². The fourth-order valence-electron chi connectivity index (χ4n) is 2.61. The highest BCUT2D eigenvalue weighted by molar-refractivity contribution is 5.28. The molecule has 1 aliphatic carbocycles. The van der Waals surface area contributed by atoms with Crippen LogP contribution >= 0.6 is 0 Å². The van der Waals surface area contributed by atoms with Crippen LogP contribution in [0.2, 0.25) is 0 Å². The smallest absolute Gasteiger partial charge is 0.120 e. The summed E-state index contributed by atoms with van der Waals surface area (Å²) in [7, 11) is 1.88. The minimum absolute atomic E-state index is 0.274. The zero-order valence-corrected chi connectivity index (χ0v) is 10.2. The number of aromatic nitrogens is 1. The van der Waals surface area contributed by atoms with Crippen molar-refractivity contribution in [3.05, 3.63) is 23.5 Å². The Morgan fingerprint density at radius 1 is 1.59 bits per heavy atom. The molecule has 1 fully saturated rings. The first-order valence-electron chi connectivity index (χ1n) is 6.14. The Morgan fingerprint density at radius 3 is 3.06 bits per heavy atom. The van der Waals surface area contributed by atoms with E-state index in [4.69, 9.17) is 5.26 Å². The third-order valence-electron chi connectivity index (χ3n) is 3.64. The number of aryl methyl sites for hydroxylation is 1. The Balaban J connectivity index is 1.91. The summed E-state index contributed by atoms with van der Waals surface area (Å²) in [6, 6.07) is 4.49. The molecular weight excluding hydrogens is 214 g/mol. The van der Waals surface area contributed by atoms with E-state index in [0.717, 1.165) is 24.9 Å². The predicted octanol–water partition coefficient (Wildman–Crippen LogP) is 1.15. The van der Waals surface area contributed by atoms with Crippen molar-refractivity contribution in [3.8, 4) is 6.07 Å². The molecule has 17 heavy (non-hydrogen) atoms. The average Bonchev–Trinajstić information content (AvgIpc) is 2.92. The van der Waals surface area contributed by atoms with E-state index in [9.17, 15) is 5.11 Å². The Kier molecular flexibility index (Phi) is 3.82. The van der Waals surface area contributed by atoms with Gasteiger partial charge in [-0.15, -0.1) is 0 Å². The van der Waals surface area contributed by atoms with Gasteiger partial charge in [-0.05, 0) is 30.4 Å². The monoisotopic (exact) mass is 233 g/mol. The second-order valence-electron chi connectivity index (χ2n) is 4.82. The van der Waals surface area contributed by atoms with Crippen LogP contribution in [0.3, 0.4) is 0 Å². The van der Waals surface area contributed by atoms with Crippen LogP contribution < -0.4 is 5.32 Å². The van der Waals surface area contributed by atoms with Gasteiger partial charge in [0.15, 0.2) is 0 Å². The van der Waals surface area contributed by atoms with Crippen LogP contribution in [0, 0.1) is 17.2 Å². The van der Waals surface area contributed by atoms with Gasteiger partial charge in [-0.3, -0.25) is 0 Å². The van der Waals surface area contributed by atoms with E-state index in [1.165, 1.54) is 6.42 Å². The minimum Gasteiger partial charge on any atom is -0.396 e. The number of nitrogens with zero attached hydrogens (tertiary/aromatic N) is 2. The van der Waals surface area contributed by atoms with Gasteiger partial charge in [-0.1, -0.05) is 6.42 Å². The maximum absolute atomic E-state index is 9.23. The van der Waals surface area contributed by atoms with Crippen molar-refractivity contribution in [2.75, 3.05) is 6.61 Å². The maximum Gasteiger partial charge on any atom is 0.120 e. The standard InChI is InChI=1S/C13H19N3O/c1-16-8-10(5-12(16)6-14)7-15-13-4-2-3-11(13)9-17/h5,8,11,13,15,17H,2-4,7,9H2,1H3. The van der Waals surface area contributed by atoms with Crippen LogP contribution in [0.5, 0.6) is 0 Å². The number of rotatable bonds is 4. The minimum atomic E-state index is 0.274. The lowest BCUT2D eigenvalue weighted by atomic mass is 10.1. The summed E-state index contributed by atoms with van der Waals surface area (Å²) in [5, 5.41) is 21.6. The van der Waals surface area contributed by atoms with Gasteiger partial charge in [0.25, 0.3) is 0 Å². The van der Waals surface area contributed by atoms with Crippen molar-refractivity contribution in [3.63, 3.8) is 0 Å². The van der Waals surface area contributed by atoms with Gasteiger partial charge in [0.1, 0.15) is 11.8 Å². The van der Waals surface area contributed by atoms with Crippen molar-refractivity contribution >= 4 is 0 Å². The molecule has 0 radical (unpaired) electrons. The van der Waals surface area contributed by atoms with E-state index in [-0.39, 0.29) is 6.61 Å². The fraction of sp³-hybridized carbons (Fsp3) is 0.615. The normalized spacial score (nSPS) is 23.8. The summed E-state index contributed by atoms with van der Waals surface area (Å²) in [5.74, 6) is 0.397. The molecule has 4 nitrogen and oxygen atoms in total. The molecule has 1 heterocycles. The fourth-order valence-corrected chi connectivity index (χ4v) is 2.61. The molecule has 0 amide bonds. The predicted molar refractivity (Wildman–Crippen MR) is 65.2 cm³/mol. The van der Waals surface area contributed by atoms with Crippen molar-refractivity contribution < 1.29 is 5.11 Å². The number of nitrogens with one attached hydrogen (secondary N) is 1. The highest BCUT2D eigenvalue weighted by Gasteiger charge is 2.25. The SMILES string of the molecule is Cn1cc(CNC2CCCC2CO)cc1C#N. The van der Waals surface area contributed by atoms with Gasteiger partial charge in [-0.2, -0.15) is 5.26 Å². The first kappa shape index (κ1) is 12.2. The Morgan fingerprint density at radius 2 is 2.41 bits per heavy atom. The Labute approximate surface area is 102 Å². The number of aliphatic hydroxyl groups excluding tert-OH is 1. The molecule has 1 saturated carbocycles. The van der Waals surface area contributed by atoms with Gasteiger partial charge >= 0.3 is 0 Å². The summed E-state index contributed by atoms with van der Waals surface area (Å²) in [5.41, 5.74) is 1.82. The highest BCUT2D eigenvalue weighted by Crippen LogP contribution is 2.25. The first-order chi connectivity index (χ1) is 8.24. The summed E-state index contributed by atoms with van der Waals surface area (Å²) in [6.45, 7) is 1.05. The molecule has 92 valence electrons. The zero-order chi connectivity index (χ0) is 12.3. The van der Waals surface area contributed by atoms with Gasteiger partial charge in [0.2, 0.25) is 0 Å². The molecule has 2 rings (SSSR count). The van der Waals surface area contributed by atoms with Crippen molar-refractivity contribution in [2.45, 2.75) is 31.8 Å². The first-order valence-corrected chi connectivity index (χ1v) is 6.14. The third kappa shape index (κ3) is 2.68. The molecule has 0 bridgehead atoms. The van der Waals surface area contributed by atoms with E-state index in [2.05, 4.69) is 11.4 Å². The molecule has 1 aliphatic rings. The average molecular weight is 233 g/mol. The van der Waals surface area contributed by atoms with E-state index >= 15 is 0 Å². The van der Waals surface area contributed by atoms with Gasteiger partial charge in [0.05, 0.1) is 0 Å². The van der Waals surface area contributed by atoms with Gasteiger partial charge in [-0.25, -0.2) is 0 Å². The van der Waals surface area contributed by atoms with Crippen LogP contribution in [-0.2, 0) is 13.6 Å². The van der Waals surface area contributed by atoms with Crippen LogP contribution in [-0.4, -0.2) is 22.3 Å². The molecule has 1 aromatic heterocycles. The quantitative estimate of drug-likeness (QED) is 0.820. The lowest BCUT2D eigenvalue weighted by molar-refractivity contribution is 0.205. The van der Waals surface area contributed by atoms with Crippen molar-refractivity contribution in [2.24, 2.45) is 13.0 Å². The van der Waals surface area contributed by atoms with Crippen molar-refractivity contribution in [1.29, 1.82) is 5.26 Å².